The number of aliphatic hydroxyl groups excluding tert-OH is 1. The Kier molecular flexibility index (Phi) is 4.27. The van der Waals surface area contributed by atoms with Gasteiger partial charge in [-0.2, -0.15) is 0 Å². The number of aryl methyl sites for hydroxylation is 2. The lowest BCUT2D eigenvalue weighted by atomic mass is 10.1. The van der Waals surface area contributed by atoms with Crippen LogP contribution in [0.2, 0.25) is 0 Å². The van der Waals surface area contributed by atoms with E-state index in [1.165, 1.54) is 0 Å². The standard InChI is InChI=1S/C16H17BrO2/c1-10-4-5-11(2)16(8-10)19-15-7-6-13(12(3)18)9-14(15)17/h4-9,12,18H,1-3H3. The van der Waals surface area contributed by atoms with E-state index >= 15 is 0 Å². The van der Waals surface area contributed by atoms with E-state index in [2.05, 4.69) is 22.0 Å². The molecule has 2 aromatic carbocycles. The first-order valence-corrected chi connectivity index (χ1v) is 6.99. The summed E-state index contributed by atoms with van der Waals surface area (Å²) in [6.07, 6.45) is -0.481. The molecule has 100 valence electrons. The van der Waals surface area contributed by atoms with E-state index in [4.69, 9.17) is 4.74 Å². The number of halogens is 1. The zero-order valence-corrected chi connectivity index (χ0v) is 12.9. The molecule has 2 nitrogen and oxygen atoms in total. The third-order valence-corrected chi connectivity index (χ3v) is 3.62. The molecule has 1 unspecified atom stereocenters. The zero-order chi connectivity index (χ0) is 14.0. The van der Waals surface area contributed by atoms with Gasteiger partial charge in [0.25, 0.3) is 0 Å². The molecule has 0 bridgehead atoms. The van der Waals surface area contributed by atoms with Gasteiger partial charge in [0.2, 0.25) is 0 Å². The average Bonchev–Trinajstić information content (AvgIpc) is 2.36. The van der Waals surface area contributed by atoms with E-state index in [0.717, 1.165) is 32.7 Å². The van der Waals surface area contributed by atoms with Crippen LogP contribution in [0.5, 0.6) is 11.5 Å². The quantitative estimate of drug-likeness (QED) is 0.870. The molecule has 1 N–H and O–H groups in total. The maximum Gasteiger partial charge on any atom is 0.141 e. The lowest BCUT2D eigenvalue weighted by Crippen LogP contribution is -1.93. The van der Waals surface area contributed by atoms with E-state index in [0.29, 0.717) is 0 Å². The van der Waals surface area contributed by atoms with Crippen molar-refractivity contribution in [3.8, 4) is 11.5 Å². The van der Waals surface area contributed by atoms with Crippen molar-refractivity contribution in [2.75, 3.05) is 0 Å². The Bertz CT molecular complexity index is 591. The van der Waals surface area contributed by atoms with Gasteiger partial charge in [0.1, 0.15) is 11.5 Å². The topological polar surface area (TPSA) is 29.5 Å². The minimum absolute atomic E-state index is 0.481. The van der Waals surface area contributed by atoms with Crippen molar-refractivity contribution in [2.45, 2.75) is 26.9 Å². The minimum atomic E-state index is -0.481. The SMILES string of the molecule is Cc1ccc(C)c(Oc2ccc(C(C)O)cc2Br)c1. The second-order valence-electron chi connectivity index (χ2n) is 4.74. The summed E-state index contributed by atoms with van der Waals surface area (Å²) in [5.41, 5.74) is 3.12. The highest BCUT2D eigenvalue weighted by atomic mass is 79.9. The fourth-order valence-electron chi connectivity index (χ4n) is 1.80. The molecule has 2 rings (SSSR count). The number of hydrogen-bond acceptors (Lipinski definition) is 2. The summed E-state index contributed by atoms with van der Waals surface area (Å²) < 4.78 is 6.77. The summed E-state index contributed by atoms with van der Waals surface area (Å²) in [6, 6.07) is 11.7. The molecule has 0 amide bonds. The normalized spacial score (nSPS) is 12.3. The average molecular weight is 321 g/mol. The summed E-state index contributed by atoms with van der Waals surface area (Å²) >= 11 is 3.48. The third kappa shape index (κ3) is 3.37. The number of benzene rings is 2. The van der Waals surface area contributed by atoms with Crippen molar-refractivity contribution >= 4 is 15.9 Å². The Balaban J connectivity index is 2.31. The van der Waals surface area contributed by atoms with Crippen molar-refractivity contribution < 1.29 is 9.84 Å². The van der Waals surface area contributed by atoms with Gasteiger partial charge in [-0.15, -0.1) is 0 Å². The van der Waals surface area contributed by atoms with Crippen molar-refractivity contribution in [3.63, 3.8) is 0 Å². The molecule has 0 aromatic heterocycles. The predicted octanol–water partition coefficient (Wildman–Crippen LogP) is 4.91. The van der Waals surface area contributed by atoms with Gasteiger partial charge in [0.15, 0.2) is 0 Å². The van der Waals surface area contributed by atoms with Crippen molar-refractivity contribution in [1.29, 1.82) is 0 Å². The molecule has 3 heteroatoms. The highest BCUT2D eigenvalue weighted by Gasteiger charge is 2.08. The van der Waals surface area contributed by atoms with Gasteiger partial charge in [-0.1, -0.05) is 18.2 Å². The summed E-state index contributed by atoms with van der Waals surface area (Å²) in [7, 11) is 0. The van der Waals surface area contributed by atoms with Crippen molar-refractivity contribution in [2.24, 2.45) is 0 Å². The summed E-state index contributed by atoms with van der Waals surface area (Å²) in [5, 5.41) is 9.55. The monoisotopic (exact) mass is 320 g/mol. The smallest absolute Gasteiger partial charge is 0.141 e. The van der Waals surface area contributed by atoms with Gasteiger partial charge in [-0.25, -0.2) is 0 Å². The fourth-order valence-corrected chi connectivity index (χ4v) is 2.27. The molecule has 0 spiro atoms. The Morgan fingerprint density at radius 2 is 1.79 bits per heavy atom. The van der Waals surface area contributed by atoms with Crippen LogP contribution in [0.25, 0.3) is 0 Å². The first kappa shape index (κ1) is 14.1. The lowest BCUT2D eigenvalue weighted by molar-refractivity contribution is 0.199. The predicted molar refractivity (Wildman–Crippen MR) is 80.8 cm³/mol. The van der Waals surface area contributed by atoms with Gasteiger partial charge in [0, 0.05) is 0 Å². The summed E-state index contributed by atoms with van der Waals surface area (Å²) in [4.78, 5) is 0. The number of ether oxygens (including phenoxy) is 1. The second kappa shape index (κ2) is 5.76. The Morgan fingerprint density at radius 1 is 1.05 bits per heavy atom. The summed E-state index contributed by atoms with van der Waals surface area (Å²) in [6.45, 7) is 5.80. The Labute approximate surface area is 122 Å². The van der Waals surface area contributed by atoms with E-state index in [-0.39, 0.29) is 0 Å². The van der Waals surface area contributed by atoms with Gasteiger partial charge in [0.05, 0.1) is 10.6 Å². The molecule has 2 aromatic rings. The first-order chi connectivity index (χ1) is 8.97. The van der Waals surface area contributed by atoms with E-state index in [1.54, 1.807) is 6.92 Å². The number of aliphatic hydroxyl groups is 1. The van der Waals surface area contributed by atoms with Crippen LogP contribution in [0.15, 0.2) is 40.9 Å². The third-order valence-electron chi connectivity index (χ3n) is 3.00. The van der Waals surface area contributed by atoms with E-state index in [1.807, 2.05) is 44.2 Å². The number of rotatable bonds is 3. The van der Waals surface area contributed by atoms with Crippen molar-refractivity contribution in [3.05, 3.63) is 57.6 Å². The molecular weight excluding hydrogens is 304 g/mol. The van der Waals surface area contributed by atoms with Gasteiger partial charge in [-0.05, 0) is 71.6 Å². The molecule has 1 atom stereocenters. The highest BCUT2D eigenvalue weighted by molar-refractivity contribution is 9.10. The van der Waals surface area contributed by atoms with Crippen LogP contribution in [0.3, 0.4) is 0 Å². The minimum Gasteiger partial charge on any atom is -0.456 e. The zero-order valence-electron chi connectivity index (χ0n) is 11.3. The Hall–Kier alpha value is -1.32. The second-order valence-corrected chi connectivity index (χ2v) is 5.59. The van der Waals surface area contributed by atoms with E-state index in [9.17, 15) is 5.11 Å². The van der Waals surface area contributed by atoms with Crippen molar-refractivity contribution in [1.82, 2.24) is 0 Å². The first-order valence-electron chi connectivity index (χ1n) is 6.20. The maximum absolute atomic E-state index is 9.55. The van der Waals surface area contributed by atoms with Crippen LogP contribution >= 0.6 is 15.9 Å². The van der Waals surface area contributed by atoms with Crippen LogP contribution < -0.4 is 4.74 Å². The molecule has 19 heavy (non-hydrogen) atoms. The molecule has 0 radical (unpaired) electrons. The van der Waals surface area contributed by atoms with Crippen LogP contribution in [0.1, 0.15) is 29.7 Å². The molecule has 0 saturated heterocycles. The molecule has 0 fully saturated rings. The number of hydrogen-bond donors (Lipinski definition) is 1. The lowest BCUT2D eigenvalue weighted by Gasteiger charge is -2.13. The van der Waals surface area contributed by atoms with Crippen LogP contribution in [-0.4, -0.2) is 5.11 Å². The largest absolute Gasteiger partial charge is 0.456 e. The van der Waals surface area contributed by atoms with Gasteiger partial charge in [-0.3, -0.25) is 0 Å². The molecule has 0 aliphatic rings. The van der Waals surface area contributed by atoms with E-state index < -0.39 is 6.10 Å². The Morgan fingerprint density at radius 3 is 2.42 bits per heavy atom. The highest BCUT2D eigenvalue weighted by Crippen LogP contribution is 2.33. The van der Waals surface area contributed by atoms with Crippen LogP contribution in [0, 0.1) is 13.8 Å². The molecule has 0 aliphatic heterocycles. The molecule has 0 aliphatic carbocycles. The van der Waals surface area contributed by atoms with Gasteiger partial charge < -0.3 is 9.84 Å². The molecule has 0 heterocycles. The fraction of sp³-hybridized carbons (Fsp3) is 0.250. The summed E-state index contributed by atoms with van der Waals surface area (Å²) in [5.74, 6) is 1.60. The van der Waals surface area contributed by atoms with Crippen LogP contribution in [0.4, 0.5) is 0 Å². The molecular formula is C16H17BrO2. The van der Waals surface area contributed by atoms with Crippen LogP contribution in [-0.2, 0) is 0 Å². The molecule has 0 saturated carbocycles. The maximum atomic E-state index is 9.55. The van der Waals surface area contributed by atoms with Gasteiger partial charge >= 0.3 is 0 Å².